The Morgan fingerprint density at radius 1 is 1.18 bits per heavy atom. The zero-order valence-corrected chi connectivity index (χ0v) is 10.5. The fourth-order valence-electron chi connectivity index (χ4n) is 3.04. The van der Waals surface area contributed by atoms with Crippen molar-refractivity contribution in [3.8, 4) is 0 Å². The van der Waals surface area contributed by atoms with E-state index in [2.05, 4.69) is 35.4 Å². The smallest absolute Gasteiger partial charge is 0.0968 e. The summed E-state index contributed by atoms with van der Waals surface area (Å²) in [6, 6.07) is 7.16. The molecule has 0 aromatic heterocycles. The van der Waals surface area contributed by atoms with Gasteiger partial charge in [-0.3, -0.25) is 4.99 Å². The summed E-state index contributed by atoms with van der Waals surface area (Å²) < 4.78 is 0. The summed E-state index contributed by atoms with van der Waals surface area (Å²) in [5.41, 5.74) is 4.63. The summed E-state index contributed by atoms with van der Waals surface area (Å²) in [5, 5.41) is 3.57. The van der Waals surface area contributed by atoms with Gasteiger partial charge in [0.1, 0.15) is 0 Å². The van der Waals surface area contributed by atoms with Gasteiger partial charge in [-0.2, -0.15) is 0 Å². The van der Waals surface area contributed by atoms with Crippen LogP contribution in [-0.4, -0.2) is 12.4 Å². The summed E-state index contributed by atoms with van der Waals surface area (Å²) in [4.78, 5) is 4.50. The number of hydrogen-bond donors (Lipinski definition) is 1. The number of aliphatic imine (C=N–C) groups is 1. The van der Waals surface area contributed by atoms with Crippen molar-refractivity contribution in [3.63, 3.8) is 0 Å². The van der Waals surface area contributed by atoms with Crippen LogP contribution in [0.1, 0.15) is 48.9 Å². The molecule has 0 fully saturated rings. The molecule has 2 heteroatoms. The van der Waals surface area contributed by atoms with Gasteiger partial charge in [0, 0.05) is 19.0 Å². The fraction of sp³-hybridized carbons (Fsp3) is 0.533. The van der Waals surface area contributed by atoms with Crippen molar-refractivity contribution in [1.29, 1.82) is 0 Å². The van der Waals surface area contributed by atoms with Crippen molar-refractivity contribution in [3.05, 3.63) is 34.9 Å². The lowest BCUT2D eigenvalue weighted by Gasteiger charge is -2.18. The van der Waals surface area contributed by atoms with Gasteiger partial charge in [0.15, 0.2) is 0 Å². The second kappa shape index (κ2) is 4.52. The van der Waals surface area contributed by atoms with Crippen molar-refractivity contribution in [2.45, 2.75) is 45.1 Å². The zero-order chi connectivity index (χ0) is 11.7. The number of nitrogens with zero attached hydrogens (tertiary/aromatic N) is 1. The van der Waals surface area contributed by atoms with Crippen LogP contribution >= 0.6 is 0 Å². The summed E-state index contributed by atoms with van der Waals surface area (Å²) >= 11 is 0. The lowest BCUT2D eigenvalue weighted by Crippen LogP contribution is -2.25. The van der Waals surface area contributed by atoms with Crippen LogP contribution in [-0.2, 0) is 12.8 Å². The van der Waals surface area contributed by atoms with Crippen LogP contribution in [0.4, 0.5) is 0 Å². The summed E-state index contributed by atoms with van der Waals surface area (Å²) in [5.74, 6) is 1.20. The molecule has 2 nitrogen and oxygen atoms in total. The number of nitrogens with one attached hydrogen (secondary N) is 1. The molecule has 1 unspecified atom stereocenters. The van der Waals surface area contributed by atoms with E-state index in [1.54, 1.807) is 11.1 Å². The van der Waals surface area contributed by atoms with Crippen molar-refractivity contribution in [2.75, 3.05) is 6.54 Å². The molecule has 1 aromatic carbocycles. The first-order chi connectivity index (χ1) is 8.34. The second-order valence-corrected chi connectivity index (χ2v) is 5.14. The Bertz CT molecular complexity index is 448. The molecule has 1 aliphatic carbocycles. The van der Waals surface area contributed by atoms with Gasteiger partial charge in [-0.05, 0) is 49.3 Å². The van der Waals surface area contributed by atoms with E-state index in [1.807, 2.05) is 0 Å². The van der Waals surface area contributed by atoms with Crippen LogP contribution in [0.25, 0.3) is 0 Å². The molecule has 1 heterocycles. The first kappa shape index (κ1) is 10.8. The molecule has 0 amide bonds. The summed E-state index contributed by atoms with van der Waals surface area (Å²) in [6.07, 6.45) is 6.17. The molecule has 1 N–H and O–H groups in total. The minimum Gasteiger partial charge on any atom is -0.367 e. The molecule has 1 atom stereocenters. The largest absolute Gasteiger partial charge is 0.367 e. The van der Waals surface area contributed by atoms with Crippen LogP contribution in [0.2, 0.25) is 0 Å². The van der Waals surface area contributed by atoms with Crippen molar-refractivity contribution in [1.82, 2.24) is 5.32 Å². The van der Waals surface area contributed by atoms with Gasteiger partial charge in [0.2, 0.25) is 0 Å². The maximum Gasteiger partial charge on any atom is 0.0968 e. The van der Waals surface area contributed by atoms with Gasteiger partial charge in [0.25, 0.3) is 0 Å². The monoisotopic (exact) mass is 228 g/mol. The fourth-order valence-corrected chi connectivity index (χ4v) is 3.04. The number of hydrogen-bond acceptors (Lipinski definition) is 2. The third-order valence-electron chi connectivity index (χ3n) is 3.91. The summed E-state index contributed by atoms with van der Waals surface area (Å²) in [7, 11) is 0. The number of aryl methyl sites for hydroxylation is 1. The number of benzene rings is 1. The van der Waals surface area contributed by atoms with E-state index in [0.29, 0.717) is 6.04 Å². The second-order valence-electron chi connectivity index (χ2n) is 5.14. The Balaban J connectivity index is 1.81. The maximum absolute atomic E-state index is 4.50. The molecule has 90 valence electrons. The molecule has 3 rings (SSSR count). The highest BCUT2D eigenvalue weighted by Gasteiger charge is 2.19. The molecular formula is C15H20N2. The molecule has 2 aliphatic rings. The molecule has 0 bridgehead atoms. The van der Waals surface area contributed by atoms with E-state index >= 15 is 0 Å². The lowest BCUT2D eigenvalue weighted by molar-refractivity contribution is 0.700. The van der Waals surface area contributed by atoms with Gasteiger partial charge < -0.3 is 5.32 Å². The Morgan fingerprint density at radius 2 is 2.12 bits per heavy atom. The Kier molecular flexibility index (Phi) is 2.87. The Hall–Kier alpha value is -1.31. The van der Waals surface area contributed by atoms with Crippen molar-refractivity contribution in [2.24, 2.45) is 4.99 Å². The molecule has 0 saturated heterocycles. The van der Waals surface area contributed by atoms with Gasteiger partial charge in [-0.1, -0.05) is 18.2 Å². The predicted octanol–water partition coefficient (Wildman–Crippen LogP) is 3.02. The third-order valence-corrected chi connectivity index (χ3v) is 3.91. The van der Waals surface area contributed by atoms with Gasteiger partial charge >= 0.3 is 0 Å². The van der Waals surface area contributed by atoms with Crippen LogP contribution in [0.15, 0.2) is 23.2 Å². The van der Waals surface area contributed by atoms with E-state index in [4.69, 9.17) is 0 Å². The van der Waals surface area contributed by atoms with E-state index in [0.717, 1.165) is 13.0 Å². The van der Waals surface area contributed by atoms with Crippen LogP contribution in [0, 0.1) is 0 Å². The van der Waals surface area contributed by atoms with Crippen molar-refractivity contribution < 1.29 is 0 Å². The van der Waals surface area contributed by atoms with Crippen LogP contribution in [0.3, 0.4) is 0 Å². The van der Waals surface area contributed by atoms with Gasteiger partial charge in [0.05, 0.1) is 5.84 Å². The molecule has 17 heavy (non-hydrogen) atoms. The average molecular weight is 228 g/mol. The Labute approximate surface area is 103 Å². The summed E-state index contributed by atoms with van der Waals surface area (Å²) in [6.45, 7) is 3.26. The SMILES string of the molecule is CC(NC1=NCCC1)c1cccc2c1CCC2. The normalized spacial score (nSPS) is 19.9. The highest BCUT2D eigenvalue weighted by molar-refractivity contribution is 5.83. The van der Waals surface area contributed by atoms with Gasteiger partial charge in [-0.25, -0.2) is 0 Å². The van der Waals surface area contributed by atoms with E-state index in [9.17, 15) is 0 Å². The maximum atomic E-state index is 4.50. The van der Waals surface area contributed by atoms with E-state index < -0.39 is 0 Å². The molecule has 0 spiro atoms. The molecule has 0 radical (unpaired) electrons. The van der Waals surface area contributed by atoms with E-state index in [-0.39, 0.29) is 0 Å². The molecule has 0 saturated carbocycles. The van der Waals surface area contributed by atoms with Gasteiger partial charge in [-0.15, -0.1) is 0 Å². The van der Waals surface area contributed by atoms with Crippen molar-refractivity contribution >= 4 is 5.84 Å². The highest BCUT2D eigenvalue weighted by Crippen LogP contribution is 2.29. The van der Waals surface area contributed by atoms with E-state index in [1.165, 1.54) is 37.1 Å². The lowest BCUT2D eigenvalue weighted by atomic mass is 9.98. The number of amidine groups is 1. The minimum atomic E-state index is 0.403. The van der Waals surface area contributed by atoms with Crippen LogP contribution < -0.4 is 5.32 Å². The number of fused-ring (bicyclic) bond motifs is 1. The average Bonchev–Trinajstić information content (AvgIpc) is 2.97. The Morgan fingerprint density at radius 3 is 2.94 bits per heavy atom. The molecular weight excluding hydrogens is 208 g/mol. The van der Waals surface area contributed by atoms with Crippen LogP contribution in [0.5, 0.6) is 0 Å². The zero-order valence-electron chi connectivity index (χ0n) is 10.5. The molecule has 1 aromatic rings. The third kappa shape index (κ3) is 2.08. The standard InChI is InChI=1S/C15H20N2/c1-11(17-15-9-4-10-16-15)13-7-2-5-12-6-3-8-14(12)13/h2,5,7,11H,3-4,6,8-10H2,1H3,(H,16,17). The minimum absolute atomic E-state index is 0.403. The quantitative estimate of drug-likeness (QED) is 0.826. The first-order valence-corrected chi connectivity index (χ1v) is 6.75. The molecule has 1 aliphatic heterocycles. The first-order valence-electron chi connectivity index (χ1n) is 6.75. The predicted molar refractivity (Wildman–Crippen MR) is 71.6 cm³/mol. The highest BCUT2D eigenvalue weighted by atomic mass is 15.0. The number of rotatable bonds is 2. The topological polar surface area (TPSA) is 24.4 Å².